The van der Waals surface area contributed by atoms with Crippen molar-refractivity contribution >= 4 is 17.4 Å². The van der Waals surface area contributed by atoms with Gasteiger partial charge in [0.1, 0.15) is 0 Å². The van der Waals surface area contributed by atoms with Gasteiger partial charge in [0, 0.05) is 17.3 Å². The van der Waals surface area contributed by atoms with Gasteiger partial charge in [-0.2, -0.15) is 8.78 Å². The number of alkyl halides is 2. The van der Waals surface area contributed by atoms with E-state index in [1.165, 1.54) is 25.3 Å². The van der Waals surface area contributed by atoms with Gasteiger partial charge in [-0.05, 0) is 50.1 Å². The average molecular weight is 419 g/mol. The SMILES string of the molecule is COc1cc(/C(N)=N/OC(C)C(=O)N2c3ccccc3CC2C)ccc1OC(F)F. The average Bonchev–Trinajstić information content (AvgIpc) is 3.06. The molecule has 0 spiro atoms. The summed E-state index contributed by atoms with van der Waals surface area (Å²) in [5.41, 5.74) is 8.27. The molecule has 0 saturated carbocycles. The molecule has 30 heavy (non-hydrogen) atoms. The van der Waals surface area contributed by atoms with Crippen LogP contribution in [0.25, 0.3) is 0 Å². The van der Waals surface area contributed by atoms with Crippen LogP contribution in [0.15, 0.2) is 47.6 Å². The number of anilines is 1. The maximum absolute atomic E-state index is 12.9. The summed E-state index contributed by atoms with van der Waals surface area (Å²) in [6, 6.07) is 11.9. The maximum atomic E-state index is 12.9. The lowest BCUT2D eigenvalue weighted by molar-refractivity contribution is -0.129. The van der Waals surface area contributed by atoms with E-state index in [-0.39, 0.29) is 29.3 Å². The molecule has 2 atom stereocenters. The van der Waals surface area contributed by atoms with E-state index in [1.54, 1.807) is 11.8 Å². The van der Waals surface area contributed by atoms with Crippen molar-refractivity contribution in [2.24, 2.45) is 10.9 Å². The summed E-state index contributed by atoms with van der Waals surface area (Å²) in [5.74, 6) is -0.332. The molecule has 1 aliphatic rings. The van der Waals surface area contributed by atoms with Crippen LogP contribution in [0.4, 0.5) is 14.5 Å². The fourth-order valence-electron chi connectivity index (χ4n) is 3.35. The van der Waals surface area contributed by atoms with Crippen LogP contribution in [-0.4, -0.2) is 37.6 Å². The zero-order chi connectivity index (χ0) is 21.8. The Bertz CT molecular complexity index is 952. The molecule has 1 aliphatic heterocycles. The summed E-state index contributed by atoms with van der Waals surface area (Å²) >= 11 is 0. The fourth-order valence-corrected chi connectivity index (χ4v) is 3.35. The third-order valence-electron chi connectivity index (χ3n) is 4.78. The third kappa shape index (κ3) is 4.45. The van der Waals surface area contributed by atoms with E-state index in [0.717, 1.165) is 17.7 Å². The normalized spacial score (nSPS) is 16.9. The first-order valence-corrected chi connectivity index (χ1v) is 9.35. The van der Waals surface area contributed by atoms with Gasteiger partial charge in [0.2, 0.25) is 6.10 Å². The molecular weight excluding hydrogens is 396 g/mol. The van der Waals surface area contributed by atoms with Crippen LogP contribution >= 0.6 is 0 Å². The largest absolute Gasteiger partial charge is 0.493 e. The van der Waals surface area contributed by atoms with Gasteiger partial charge in [0.05, 0.1) is 7.11 Å². The lowest BCUT2D eigenvalue weighted by Gasteiger charge is -2.25. The molecule has 0 aromatic heterocycles. The first-order valence-electron chi connectivity index (χ1n) is 9.35. The Balaban J connectivity index is 1.71. The second-order valence-electron chi connectivity index (χ2n) is 6.86. The number of hydrogen-bond donors (Lipinski definition) is 1. The zero-order valence-corrected chi connectivity index (χ0v) is 16.8. The standard InChI is InChI=1S/C21H23F2N3O4/c1-12-10-14-6-4-5-7-16(14)26(12)20(27)13(2)30-25-19(24)15-8-9-17(29-21(22)23)18(11-15)28-3/h4-9,11-13,21H,10H2,1-3H3,(H2,24,25). The number of amidine groups is 1. The van der Waals surface area contributed by atoms with E-state index in [9.17, 15) is 13.6 Å². The highest BCUT2D eigenvalue weighted by Gasteiger charge is 2.34. The molecule has 3 rings (SSSR count). The summed E-state index contributed by atoms with van der Waals surface area (Å²) in [6.45, 7) is 0.578. The van der Waals surface area contributed by atoms with Crippen molar-refractivity contribution in [1.29, 1.82) is 0 Å². The number of methoxy groups -OCH3 is 1. The lowest BCUT2D eigenvalue weighted by Crippen LogP contribution is -2.42. The molecular formula is C21H23F2N3O4. The minimum Gasteiger partial charge on any atom is -0.493 e. The van der Waals surface area contributed by atoms with Crippen LogP contribution in [0.3, 0.4) is 0 Å². The molecule has 0 saturated heterocycles. The second kappa shape index (κ2) is 8.98. The van der Waals surface area contributed by atoms with Gasteiger partial charge in [0.25, 0.3) is 5.91 Å². The molecule has 2 N–H and O–H groups in total. The van der Waals surface area contributed by atoms with Crippen molar-refractivity contribution in [3.05, 3.63) is 53.6 Å². The first-order chi connectivity index (χ1) is 14.3. The van der Waals surface area contributed by atoms with Gasteiger partial charge in [0.15, 0.2) is 17.3 Å². The highest BCUT2D eigenvalue weighted by atomic mass is 19.3. The maximum Gasteiger partial charge on any atom is 0.387 e. The van der Waals surface area contributed by atoms with Gasteiger partial charge in [-0.1, -0.05) is 23.4 Å². The van der Waals surface area contributed by atoms with E-state index < -0.39 is 12.7 Å². The van der Waals surface area contributed by atoms with Crippen molar-refractivity contribution < 1.29 is 27.9 Å². The molecule has 0 fully saturated rings. The molecule has 0 radical (unpaired) electrons. The van der Waals surface area contributed by atoms with Crippen LogP contribution in [0, 0.1) is 0 Å². The van der Waals surface area contributed by atoms with Crippen LogP contribution in [0.5, 0.6) is 11.5 Å². The van der Waals surface area contributed by atoms with Gasteiger partial charge in [-0.15, -0.1) is 0 Å². The summed E-state index contributed by atoms with van der Waals surface area (Å²) in [4.78, 5) is 19.9. The van der Waals surface area contributed by atoms with Gasteiger partial charge in [-0.25, -0.2) is 0 Å². The topological polar surface area (TPSA) is 86.4 Å². The minimum atomic E-state index is -2.98. The molecule has 9 heteroatoms. The smallest absolute Gasteiger partial charge is 0.387 e. The quantitative estimate of drug-likeness (QED) is 0.423. The Hall–Kier alpha value is -3.36. The number of halogens is 2. The number of carbonyl (C=O) groups excluding carboxylic acids is 1. The number of nitrogens with zero attached hydrogens (tertiary/aromatic N) is 2. The number of nitrogens with two attached hydrogens (primary N) is 1. The number of para-hydroxylation sites is 1. The van der Waals surface area contributed by atoms with Crippen molar-refractivity contribution in [2.45, 2.75) is 39.0 Å². The van der Waals surface area contributed by atoms with Crippen molar-refractivity contribution in [2.75, 3.05) is 12.0 Å². The predicted molar refractivity (Wildman–Crippen MR) is 108 cm³/mol. The Morgan fingerprint density at radius 3 is 2.67 bits per heavy atom. The Morgan fingerprint density at radius 1 is 1.23 bits per heavy atom. The third-order valence-corrected chi connectivity index (χ3v) is 4.78. The number of rotatable bonds is 7. The highest BCUT2D eigenvalue weighted by Crippen LogP contribution is 2.32. The van der Waals surface area contributed by atoms with Crippen LogP contribution in [0.2, 0.25) is 0 Å². The fraction of sp³-hybridized carbons (Fsp3) is 0.333. The van der Waals surface area contributed by atoms with Crippen LogP contribution in [0.1, 0.15) is 25.0 Å². The number of hydrogen-bond acceptors (Lipinski definition) is 5. The monoisotopic (exact) mass is 419 g/mol. The molecule has 160 valence electrons. The van der Waals surface area contributed by atoms with Crippen LogP contribution < -0.4 is 20.1 Å². The predicted octanol–water partition coefficient (Wildman–Crippen LogP) is 3.30. The number of fused-ring (bicyclic) bond motifs is 1. The number of oxime groups is 1. The molecule has 0 aliphatic carbocycles. The lowest BCUT2D eigenvalue weighted by atomic mass is 10.1. The highest BCUT2D eigenvalue weighted by molar-refractivity contribution is 5.99. The Labute approximate surface area is 173 Å². The Morgan fingerprint density at radius 2 is 1.97 bits per heavy atom. The number of carbonyl (C=O) groups is 1. The summed E-state index contributed by atoms with van der Waals surface area (Å²) in [5, 5.41) is 3.84. The summed E-state index contributed by atoms with van der Waals surface area (Å²) in [6.07, 6.45) is -0.104. The molecule has 2 aromatic carbocycles. The molecule has 1 heterocycles. The molecule has 7 nitrogen and oxygen atoms in total. The van der Waals surface area contributed by atoms with Crippen molar-refractivity contribution in [3.63, 3.8) is 0 Å². The van der Waals surface area contributed by atoms with E-state index in [2.05, 4.69) is 9.89 Å². The number of amides is 1. The van der Waals surface area contributed by atoms with Gasteiger partial charge < -0.3 is 24.9 Å². The van der Waals surface area contributed by atoms with Crippen LogP contribution in [-0.2, 0) is 16.1 Å². The van der Waals surface area contributed by atoms with E-state index in [4.69, 9.17) is 15.3 Å². The van der Waals surface area contributed by atoms with E-state index >= 15 is 0 Å². The Kier molecular flexibility index (Phi) is 6.39. The zero-order valence-electron chi connectivity index (χ0n) is 16.8. The van der Waals surface area contributed by atoms with Gasteiger partial charge in [-0.3, -0.25) is 4.79 Å². The first kappa shape index (κ1) is 21.4. The van der Waals surface area contributed by atoms with Gasteiger partial charge >= 0.3 is 6.61 Å². The van der Waals surface area contributed by atoms with Crippen molar-refractivity contribution in [3.8, 4) is 11.5 Å². The second-order valence-corrected chi connectivity index (χ2v) is 6.86. The molecule has 0 bridgehead atoms. The number of ether oxygens (including phenoxy) is 2. The molecule has 2 unspecified atom stereocenters. The summed E-state index contributed by atoms with van der Waals surface area (Å²) in [7, 11) is 1.32. The number of benzene rings is 2. The van der Waals surface area contributed by atoms with E-state index in [0.29, 0.717) is 5.56 Å². The van der Waals surface area contributed by atoms with Crippen molar-refractivity contribution in [1.82, 2.24) is 0 Å². The van der Waals surface area contributed by atoms with E-state index in [1.807, 2.05) is 31.2 Å². The molecule has 2 aromatic rings. The molecule has 1 amide bonds. The minimum absolute atomic E-state index is 0.00826. The summed E-state index contributed by atoms with van der Waals surface area (Å²) < 4.78 is 34.3.